The minimum absolute atomic E-state index is 0.00138. The molecular formula is C26H26Cl2FN5O3S. The monoisotopic (exact) mass is 577 g/mol. The fourth-order valence-corrected chi connectivity index (χ4v) is 5.80. The van der Waals surface area contributed by atoms with E-state index in [1.54, 1.807) is 32.9 Å². The van der Waals surface area contributed by atoms with E-state index < -0.39 is 17.5 Å². The Balaban J connectivity index is 1.52. The van der Waals surface area contributed by atoms with Crippen molar-refractivity contribution in [2.24, 2.45) is 0 Å². The standard InChI is InChI=1S/C26H26Cl2FN5O3S/c1-26(2,3)37-25(35)33-24-31-20-14(8-5-9-17(20)38-24)18-16(27)11-15-21(19(18)29)30-23(32-22(15)28)36-12-13-7-6-10-34(13)4/h5,8-9,11,13H,6-7,10,12H2,1-4H3,(H,31,33,35)/t13-/m0/s1. The van der Waals surface area contributed by atoms with Crippen molar-refractivity contribution in [3.8, 4) is 17.1 Å². The molecule has 2 aromatic carbocycles. The van der Waals surface area contributed by atoms with Gasteiger partial charge < -0.3 is 14.4 Å². The van der Waals surface area contributed by atoms with Gasteiger partial charge in [0, 0.05) is 22.6 Å². The van der Waals surface area contributed by atoms with E-state index in [-0.39, 0.29) is 38.7 Å². The van der Waals surface area contributed by atoms with Gasteiger partial charge in [0.2, 0.25) is 0 Å². The van der Waals surface area contributed by atoms with E-state index in [2.05, 4.69) is 25.2 Å². The van der Waals surface area contributed by atoms with Crippen LogP contribution in [-0.2, 0) is 4.74 Å². The van der Waals surface area contributed by atoms with Gasteiger partial charge in [-0.05, 0) is 59.3 Å². The minimum Gasteiger partial charge on any atom is -0.462 e. The molecule has 1 atom stereocenters. The Morgan fingerprint density at radius 3 is 2.74 bits per heavy atom. The first kappa shape index (κ1) is 26.8. The Morgan fingerprint density at radius 2 is 2.03 bits per heavy atom. The first-order valence-corrected chi connectivity index (χ1v) is 13.7. The number of halogens is 3. The van der Waals surface area contributed by atoms with E-state index in [0.717, 1.165) is 24.1 Å². The second kappa shape index (κ2) is 10.4. The number of hydrogen-bond donors (Lipinski definition) is 1. The lowest BCUT2D eigenvalue weighted by Gasteiger charge is -2.19. The first-order valence-electron chi connectivity index (χ1n) is 12.1. The molecule has 8 nitrogen and oxygen atoms in total. The molecule has 200 valence electrons. The van der Waals surface area contributed by atoms with Crippen LogP contribution in [0.5, 0.6) is 6.01 Å². The molecule has 1 aliphatic rings. The summed E-state index contributed by atoms with van der Waals surface area (Å²) < 4.78 is 28.0. The van der Waals surface area contributed by atoms with Crippen molar-refractivity contribution in [2.45, 2.75) is 45.3 Å². The number of ether oxygens (including phenoxy) is 2. The highest BCUT2D eigenvalue weighted by Gasteiger charge is 2.25. The average molecular weight is 578 g/mol. The molecule has 0 radical (unpaired) electrons. The number of carbonyl (C=O) groups excluding carboxylic acids is 1. The molecule has 2 aromatic heterocycles. The summed E-state index contributed by atoms with van der Waals surface area (Å²) in [5.41, 5.74) is 0.385. The number of nitrogens with one attached hydrogen (secondary N) is 1. The zero-order valence-electron chi connectivity index (χ0n) is 21.3. The van der Waals surface area contributed by atoms with Crippen LogP contribution in [0, 0.1) is 5.82 Å². The van der Waals surface area contributed by atoms with Gasteiger partial charge in [0.15, 0.2) is 10.9 Å². The van der Waals surface area contributed by atoms with Crippen LogP contribution in [0.3, 0.4) is 0 Å². The molecule has 0 unspecified atom stereocenters. The molecule has 0 saturated carbocycles. The minimum atomic E-state index is -0.665. The van der Waals surface area contributed by atoms with Crippen molar-refractivity contribution in [1.29, 1.82) is 0 Å². The Bertz CT molecular complexity index is 1540. The summed E-state index contributed by atoms with van der Waals surface area (Å²) >= 11 is 14.2. The van der Waals surface area contributed by atoms with Gasteiger partial charge in [0.25, 0.3) is 0 Å². The first-order chi connectivity index (χ1) is 18.0. The number of aromatic nitrogens is 3. The maximum Gasteiger partial charge on any atom is 0.413 e. The van der Waals surface area contributed by atoms with E-state index in [0.29, 0.717) is 22.8 Å². The zero-order chi connectivity index (χ0) is 27.2. The highest BCUT2D eigenvalue weighted by atomic mass is 35.5. The number of thiazole rings is 1. The number of fused-ring (bicyclic) bond motifs is 2. The summed E-state index contributed by atoms with van der Waals surface area (Å²) in [4.78, 5) is 27.5. The molecule has 4 aromatic rings. The van der Waals surface area contributed by atoms with Crippen molar-refractivity contribution in [2.75, 3.05) is 25.5 Å². The van der Waals surface area contributed by atoms with Crippen LogP contribution in [0.15, 0.2) is 24.3 Å². The summed E-state index contributed by atoms with van der Waals surface area (Å²) in [6, 6.07) is 7.10. The third-order valence-corrected chi connectivity index (χ3v) is 7.71. The number of hydrogen-bond acceptors (Lipinski definition) is 8. The SMILES string of the molecule is CN1CCC[C@H]1COc1nc(Cl)c2cc(Cl)c(-c3cccc4sc(NC(=O)OC(C)(C)C)nc34)c(F)c2n1. The fourth-order valence-electron chi connectivity index (χ4n) is 4.41. The molecule has 0 bridgehead atoms. The quantitative estimate of drug-likeness (QED) is 0.251. The number of likely N-dealkylation sites (N-methyl/N-ethyl adjacent to an activating group) is 1. The van der Waals surface area contributed by atoms with Crippen molar-refractivity contribution < 1.29 is 18.7 Å². The van der Waals surface area contributed by atoms with Crippen molar-refractivity contribution >= 4 is 66.9 Å². The van der Waals surface area contributed by atoms with Gasteiger partial charge in [0.1, 0.15) is 22.9 Å². The molecule has 0 spiro atoms. The molecule has 12 heteroatoms. The number of rotatable bonds is 5. The van der Waals surface area contributed by atoms with E-state index in [1.807, 2.05) is 13.1 Å². The van der Waals surface area contributed by atoms with Crippen molar-refractivity contribution in [3.63, 3.8) is 0 Å². The number of likely N-dealkylation sites (tertiary alicyclic amines) is 1. The van der Waals surface area contributed by atoms with Gasteiger partial charge in [-0.25, -0.2) is 14.2 Å². The van der Waals surface area contributed by atoms with E-state index >= 15 is 4.39 Å². The molecule has 38 heavy (non-hydrogen) atoms. The van der Waals surface area contributed by atoms with Gasteiger partial charge in [-0.2, -0.15) is 9.97 Å². The highest BCUT2D eigenvalue weighted by molar-refractivity contribution is 7.22. The highest BCUT2D eigenvalue weighted by Crippen LogP contribution is 2.41. The zero-order valence-corrected chi connectivity index (χ0v) is 23.6. The molecule has 1 aliphatic heterocycles. The maximum atomic E-state index is 16.1. The van der Waals surface area contributed by atoms with Crippen LogP contribution in [0.2, 0.25) is 10.2 Å². The third kappa shape index (κ3) is 5.49. The molecule has 0 aliphatic carbocycles. The van der Waals surface area contributed by atoms with Crippen LogP contribution in [0.25, 0.3) is 32.2 Å². The number of nitrogens with zero attached hydrogens (tertiary/aromatic N) is 4. The third-order valence-electron chi connectivity index (χ3n) is 6.19. The summed E-state index contributed by atoms with van der Waals surface area (Å²) in [5.74, 6) is -0.665. The van der Waals surface area contributed by atoms with Crippen molar-refractivity contribution in [3.05, 3.63) is 40.3 Å². The van der Waals surface area contributed by atoms with E-state index in [9.17, 15) is 4.79 Å². The van der Waals surface area contributed by atoms with Crippen LogP contribution < -0.4 is 10.1 Å². The number of amides is 1. The summed E-state index contributed by atoms with van der Waals surface area (Å²) in [6.07, 6.45) is 1.47. The van der Waals surface area contributed by atoms with Crippen LogP contribution in [0.1, 0.15) is 33.6 Å². The van der Waals surface area contributed by atoms with E-state index in [4.69, 9.17) is 32.7 Å². The predicted octanol–water partition coefficient (Wildman–Crippen LogP) is 7.17. The van der Waals surface area contributed by atoms with E-state index in [1.165, 1.54) is 17.4 Å². The van der Waals surface area contributed by atoms with Crippen LogP contribution in [0.4, 0.5) is 14.3 Å². The lowest BCUT2D eigenvalue weighted by atomic mass is 10.0. The maximum absolute atomic E-state index is 16.1. The summed E-state index contributed by atoms with van der Waals surface area (Å²) in [7, 11) is 2.04. The van der Waals surface area contributed by atoms with Gasteiger partial charge >= 0.3 is 12.1 Å². The largest absolute Gasteiger partial charge is 0.462 e. The fraction of sp³-hybridized carbons (Fsp3) is 0.385. The molecule has 1 fully saturated rings. The van der Waals surface area contributed by atoms with Gasteiger partial charge in [-0.3, -0.25) is 5.32 Å². The number of carbonyl (C=O) groups is 1. The van der Waals surface area contributed by atoms with Crippen LogP contribution in [-0.4, -0.2) is 57.8 Å². The van der Waals surface area contributed by atoms with Crippen molar-refractivity contribution in [1.82, 2.24) is 19.9 Å². The molecule has 1 saturated heterocycles. The second-order valence-corrected chi connectivity index (χ2v) is 11.9. The molecule has 1 amide bonds. The second-order valence-electron chi connectivity index (χ2n) is 10.1. The Labute approximate surface area is 233 Å². The Kier molecular flexibility index (Phi) is 7.34. The molecule has 5 rings (SSSR count). The Hall–Kier alpha value is -2.79. The topological polar surface area (TPSA) is 89.5 Å². The van der Waals surface area contributed by atoms with Crippen LogP contribution >= 0.6 is 34.5 Å². The average Bonchev–Trinajstić information content (AvgIpc) is 3.42. The van der Waals surface area contributed by atoms with Gasteiger partial charge in [-0.1, -0.05) is 46.7 Å². The number of para-hydroxylation sites is 1. The number of anilines is 1. The smallest absolute Gasteiger partial charge is 0.413 e. The van der Waals surface area contributed by atoms with Gasteiger partial charge in [-0.15, -0.1) is 0 Å². The summed E-state index contributed by atoms with van der Waals surface area (Å²) in [6.45, 7) is 6.69. The lowest BCUT2D eigenvalue weighted by Crippen LogP contribution is -2.30. The van der Waals surface area contributed by atoms with Gasteiger partial charge in [0.05, 0.1) is 15.2 Å². The Morgan fingerprint density at radius 1 is 1.24 bits per heavy atom. The normalized spacial score (nSPS) is 16.3. The lowest BCUT2D eigenvalue weighted by molar-refractivity contribution is 0.0636. The molecular weight excluding hydrogens is 552 g/mol. The summed E-state index contributed by atoms with van der Waals surface area (Å²) in [5, 5.41) is 3.41. The number of benzene rings is 2. The molecule has 1 N–H and O–H groups in total. The molecule has 3 heterocycles. The predicted molar refractivity (Wildman–Crippen MR) is 149 cm³/mol.